The van der Waals surface area contributed by atoms with Crippen LogP contribution in [0, 0.1) is 5.92 Å². The molecule has 1 fully saturated rings. The molecule has 100 valence electrons. The number of pyridine rings is 1. The summed E-state index contributed by atoms with van der Waals surface area (Å²) in [7, 11) is 0. The molecule has 0 bridgehead atoms. The lowest BCUT2D eigenvalue weighted by atomic mass is 9.76. The third kappa shape index (κ3) is 3.30. The fraction of sp³-hybridized carbons (Fsp3) is 0.667. The molecule has 0 aliphatic heterocycles. The Labute approximate surface area is 109 Å². The molecule has 3 nitrogen and oxygen atoms in total. The van der Waals surface area contributed by atoms with Gasteiger partial charge in [0.25, 0.3) is 0 Å². The van der Waals surface area contributed by atoms with E-state index in [1.54, 1.807) is 12.4 Å². The van der Waals surface area contributed by atoms with Crippen LogP contribution in [0.5, 0.6) is 0 Å². The summed E-state index contributed by atoms with van der Waals surface area (Å²) >= 11 is 0. The smallest absolute Gasteiger partial charge is 0.0608 e. The Hall–Kier alpha value is -0.930. The highest BCUT2D eigenvalue weighted by Gasteiger charge is 2.32. The van der Waals surface area contributed by atoms with Gasteiger partial charge in [0.15, 0.2) is 0 Å². The summed E-state index contributed by atoms with van der Waals surface area (Å²) in [6.07, 6.45) is 6.83. The average molecular weight is 249 g/mol. The Kier molecular flexibility index (Phi) is 4.72. The normalized spacial score (nSPS) is 26.4. The minimum absolute atomic E-state index is 0.180. The van der Waals surface area contributed by atoms with Gasteiger partial charge in [-0.15, -0.1) is 0 Å². The average Bonchev–Trinajstić information content (AvgIpc) is 2.36. The second-order valence-electron chi connectivity index (χ2n) is 5.29. The zero-order chi connectivity index (χ0) is 13.0. The van der Waals surface area contributed by atoms with Gasteiger partial charge in [0, 0.05) is 24.9 Å². The maximum Gasteiger partial charge on any atom is 0.0608 e. The van der Waals surface area contributed by atoms with Crippen molar-refractivity contribution in [2.45, 2.75) is 51.2 Å². The van der Waals surface area contributed by atoms with Crippen LogP contribution >= 0.6 is 0 Å². The van der Waals surface area contributed by atoms with Crippen molar-refractivity contribution in [2.75, 3.05) is 6.61 Å². The van der Waals surface area contributed by atoms with Crippen LogP contribution in [0.2, 0.25) is 0 Å². The number of hydrogen-bond acceptors (Lipinski definition) is 3. The molecular formula is C15H23NO2. The standard InChI is InChI=1S/C15H23NO2/c1-3-18-14-8-12(9-14)10-15(17)11(2)13-4-6-16-7-5-13/h4-7,11-12,14-15,17H,3,8-10H2,1-2H3. The summed E-state index contributed by atoms with van der Waals surface area (Å²) in [5.74, 6) is 0.806. The molecule has 1 heterocycles. The molecule has 18 heavy (non-hydrogen) atoms. The van der Waals surface area contributed by atoms with Crippen LogP contribution < -0.4 is 0 Å². The van der Waals surface area contributed by atoms with Gasteiger partial charge in [-0.1, -0.05) is 6.92 Å². The van der Waals surface area contributed by atoms with Crippen molar-refractivity contribution in [3.63, 3.8) is 0 Å². The zero-order valence-electron chi connectivity index (χ0n) is 11.2. The topological polar surface area (TPSA) is 42.4 Å². The molecule has 0 radical (unpaired) electrons. The number of nitrogens with zero attached hydrogens (tertiary/aromatic N) is 1. The van der Waals surface area contributed by atoms with Gasteiger partial charge in [0.05, 0.1) is 12.2 Å². The second kappa shape index (κ2) is 6.30. The molecule has 0 spiro atoms. The van der Waals surface area contributed by atoms with E-state index in [4.69, 9.17) is 4.74 Å². The van der Waals surface area contributed by atoms with Gasteiger partial charge in [-0.05, 0) is 49.8 Å². The van der Waals surface area contributed by atoms with Crippen LogP contribution in [0.15, 0.2) is 24.5 Å². The molecular weight excluding hydrogens is 226 g/mol. The van der Waals surface area contributed by atoms with E-state index in [1.165, 1.54) is 0 Å². The van der Waals surface area contributed by atoms with E-state index in [2.05, 4.69) is 11.9 Å². The summed E-state index contributed by atoms with van der Waals surface area (Å²) in [6.45, 7) is 4.92. The lowest BCUT2D eigenvalue weighted by molar-refractivity contribution is -0.0395. The molecule has 2 rings (SSSR count). The fourth-order valence-corrected chi connectivity index (χ4v) is 2.67. The molecule has 0 saturated heterocycles. The first-order chi connectivity index (χ1) is 8.70. The van der Waals surface area contributed by atoms with Crippen LogP contribution in [0.25, 0.3) is 0 Å². The number of aromatic nitrogens is 1. The van der Waals surface area contributed by atoms with Crippen LogP contribution in [0.3, 0.4) is 0 Å². The second-order valence-corrected chi connectivity index (χ2v) is 5.29. The van der Waals surface area contributed by atoms with E-state index in [9.17, 15) is 5.11 Å². The highest BCUT2D eigenvalue weighted by atomic mass is 16.5. The monoisotopic (exact) mass is 249 g/mol. The number of aliphatic hydroxyl groups is 1. The molecule has 0 amide bonds. The van der Waals surface area contributed by atoms with Gasteiger partial charge in [0.1, 0.15) is 0 Å². The lowest BCUT2D eigenvalue weighted by Gasteiger charge is -2.37. The Bertz CT molecular complexity index is 349. The van der Waals surface area contributed by atoms with Gasteiger partial charge in [-0.2, -0.15) is 0 Å². The predicted octanol–water partition coefficient (Wildman–Crippen LogP) is 2.75. The van der Waals surface area contributed by atoms with Crippen molar-refractivity contribution in [3.05, 3.63) is 30.1 Å². The molecule has 1 aromatic heterocycles. The SMILES string of the molecule is CCOC1CC(CC(O)C(C)c2ccncc2)C1. The van der Waals surface area contributed by atoms with Crippen molar-refractivity contribution in [2.24, 2.45) is 5.92 Å². The number of hydrogen-bond donors (Lipinski definition) is 1. The molecule has 1 aliphatic carbocycles. The van der Waals surface area contributed by atoms with Gasteiger partial charge < -0.3 is 9.84 Å². The Morgan fingerprint density at radius 2 is 2.06 bits per heavy atom. The van der Waals surface area contributed by atoms with E-state index >= 15 is 0 Å². The van der Waals surface area contributed by atoms with E-state index in [0.29, 0.717) is 12.0 Å². The van der Waals surface area contributed by atoms with Crippen LogP contribution in [0.1, 0.15) is 44.6 Å². The minimum atomic E-state index is -0.264. The van der Waals surface area contributed by atoms with Crippen molar-refractivity contribution >= 4 is 0 Å². The van der Waals surface area contributed by atoms with Crippen molar-refractivity contribution in [1.82, 2.24) is 4.98 Å². The zero-order valence-corrected chi connectivity index (χ0v) is 11.2. The first kappa shape index (κ1) is 13.5. The van der Waals surface area contributed by atoms with Crippen molar-refractivity contribution in [1.29, 1.82) is 0 Å². The van der Waals surface area contributed by atoms with Crippen molar-refractivity contribution in [3.8, 4) is 0 Å². The number of ether oxygens (including phenoxy) is 1. The quantitative estimate of drug-likeness (QED) is 0.843. The summed E-state index contributed by atoms with van der Waals surface area (Å²) in [5, 5.41) is 10.3. The Morgan fingerprint density at radius 3 is 2.67 bits per heavy atom. The maximum absolute atomic E-state index is 10.3. The highest BCUT2D eigenvalue weighted by molar-refractivity contribution is 5.16. The summed E-state index contributed by atoms with van der Waals surface area (Å²) in [5.41, 5.74) is 1.16. The third-order valence-electron chi connectivity index (χ3n) is 3.98. The van der Waals surface area contributed by atoms with E-state index < -0.39 is 0 Å². The third-order valence-corrected chi connectivity index (χ3v) is 3.98. The molecule has 1 aliphatic rings. The summed E-state index contributed by atoms with van der Waals surface area (Å²) in [4.78, 5) is 4.01. The van der Waals surface area contributed by atoms with E-state index in [0.717, 1.165) is 31.4 Å². The first-order valence-electron chi connectivity index (χ1n) is 6.90. The van der Waals surface area contributed by atoms with Gasteiger partial charge in [-0.25, -0.2) is 0 Å². The maximum atomic E-state index is 10.3. The van der Waals surface area contributed by atoms with Gasteiger partial charge in [-0.3, -0.25) is 4.98 Å². The molecule has 1 saturated carbocycles. The van der Waals surface area contributed by atoms with Crippen LogP contribution in [0.4, 0.5) is 0 Å². The first-order valence-corrected chi connectivity index (χ1v) is 6.90. The minimum Gasteiger partial charge on any atom is -0.392 e. The molecule has 1 aromatic rings. The Balaban J connectivity index is 1.77. The van der Waals surface area contributed by atoms with Crippen molar-refractivity contribution < 1.29 is 9.84 Å². The fourth-order valence-electron chi connectivity index (χ4n) is 2.67. The predicted molar refractivity (Wildman–Crippen MR) is 71.4 cm³/mol. The summed E-state index contributed by atoms with van der Waals surface area (Å²) in [6, 6.07) is 3.97. The molecule has 3 heteroatoms. The van der Waals surface area contributed by atoms with E-state index in [1.807, 2.05) is 19.1 Å². The van der Waals surface area contributed by atoms with Gasteiger partial charge in [0.2, 0.25) is 0 Å². The largest absolute Gasteiger partial charge is 0.392 e. The molecule has 2 atom stereocenters. The highest BCUT2D eigenvalue weighted by Crippen LogP contribution is 2.36. The van der Waals surface area contributed by atoms with E-state index in [-0.39, 0.29) is 12.0 Å². The lowest BCUT2D eigenvalue weighted by Crippen LogP contribution is -2.34. The van der Waals surface area contributed by atoms with Crippen LogP contribution in [-0.2, 0) is 4.74 Å². The Morgan fingerprint density at radius 1 is 1.39 bits per heavy atom. The summed E-state index contributed by atoms with van der Waals surface area (Å²) < 4.78 is 5.54. The molecule has 2 unspecified atom stereocenters. The molecule has 0 aromatic carbocycles. The van der Waals surface area contributed by atoms with Crippen LogP contribution in [-0.4, -0.2) is 28.9 Å². The van der Waals surface area contributed by atoms with Gasteiger partial charge >= 0.3 is 0 Å². The number of rotatable bonds is 6. The number of aliphatic hydroxyl groups excluding tert-OH is 1. The molecule has 1 N–H and O–H groups in total.